The van der Waals surface area contributed by atoms with E-state index in [1.807, 2.05) is 0 Å². The van der Waals surface area contributed by atoms with E-state index in [0.717, 1.165) is 23.6 Å². The van der Waals surface area contributed by atoms with Crippen LogP contribution in [-0.4, -0.2) is 34.0 Å². The van der Waals surface area contributed by atoms with Crippen LogP contribution in [0.5, 0.6) is 0 Å². The minimum atomic E-state index is -1.27. The first kappa shape index (κ1) is 16.3. The van der Waals surface area contributed by atoms with E-state index in [9.17, 15) is 14.9 Å². The van der Waals surface area contributed by atoms with Crippen molar-refractivity contribution >= 4 is 40.7 Å². The van der Waals surface area contributed by atoms with Gasteiger partial charge in [-0.3, -0.25) is 10.1 Å². The van der Waals surface area contributed by atoms with E-state index < -0.39 is 10.9 Å². The summed E-state index contributed by atoms with van der Waals surface area (Å²) in [6.45, 7) is 4.09. The molecule has 0 radical (unpaired) electrons. The van der Waals surface area contributed by atoms with Crippen molar-refractivity contribution in [2.45, 2.75) is 0 Å². The smallest absolute Gasteiger partial charge is 0.338 e. The molecule has 0 spiro atoms. The molecule has 0 bridgehead atoms. The maximum absolute atomic E-state index is 11.1. The Kier molecular flexibility index (Phi) is 6.33. The van der Waals surface area contributed by atoms with Crippen LogP contribution in [0.3, 0.4) is 0 Å². The number of benzene rings is 1. The molecule has 0 unspecified atom stereocenters. The van der Waals surface area contributed by atoms with Gasteiger partial charge in [-0.15, -0.1) is 6.58 Å². The Balaban J connectivity index is 2.91. The molecule has 2 N–H and O–H groups in total. The van der Waals surface area contributed by atoms with E-state index in [4.69, 9.17) is 16.7 Å². The first-order valence-electron chi connectivity index (χ1n) is 5.61. The summed E-state index contributed by atoms with van der Waals surface area (Å²) in [6.07, 6.45) is 1.77. The van der Waals surface area contributed by atoms with Crippen LogP contribution in [0.25, 0.3) is 0 Å². The average molecular weight is 317 g/mol. The summed E-state index contributed by atoms with van der Waals surface area (Å²) in [5, 5.41) is 22.7. The van der Waals surface area contributed by atoms with Crippen molar-refractivity contribution in [1.82, 2.24) is 0 Å². The average Bonchev–Trinajstić information content (AvgIpc) is 2.39. The van der Waals surface area contributed by atoms with E-state index in [1.54, 1.807) is 17.8 Å². The lowest BCUT2D eigenvalue weighted by Gasteiger charge is -2.11. The highest BCUT2D eigenvalue weighted by Crippen LogP contribution is 2.31. The Morgan fingerprint density at radius 1 is 1.60 bits per heavy atom. The maximum Gasteiger partial charge on any atom is 0.338 e. The lowest BCUT2D eigenvalue weighted by molar-refractivity contribution is -0.384. The molecule has 0 heterocycles. The molecule has 6 nitrogen and oxygen atoms in total. The summed E-state index contributed by atoms with van der Waals surface area (Å²) in [6, 6.07) is 2.13. The number of rotatable bonds is 8. The summed E-state index contributed by atoms with van der Waals surface area (Å²) < 4.78 is 0. The molecule has 0 aromatic heterocycles. The van der Waals surface area contributed by atoms with E-state index in [2.05, 4.69) is 11.9 Å². The highest BCUT2D eigenvalue weighted by molar-refractivity contribution is 7.99. The third-order valence-electron chi connectivity index (χ3n) is 2.30. The normalized spacial score (nSPS) is 10.1. The van der Waals surface area contributed by atoms with Crippen LogP contribution in [0.4, 0.5) is 11.4 Å². The SMILES string of the molecule is C=CCSCCNc1c(Cl)cc([N+](=O)[O-])cc1C(=O)O. The van der Waals surface area contributed by atoms with Crippen molar-refractivity contribution in [1.29, 1.82) is 0 Å². The van der Waals surface area contributed by atoms with E-state index in [0.29, 0.717) is 6.54 Å². The molecule has 108 valence electrons. The Morgan fingerprint density at radius 2 is 2.30 bits per heavy atom. The molecule has 8 heteroatoms. The minimum absolute atomic E-state index is 0.0188. The number of nitrogens with zero attached hydrogens (tertiary/aromatic N) is 1. The molecule has 0 fully saturated rings. The number of nitro benzene ring substituents is 1. The van der Waals surface area contributed by atoms with Gasteiger partial charge in [0.15, 0.2) is 0 Å². The van der Waals surface area contributed by atoms with Crippen molar-refractivity contribution in [3.63, 3.8) is 0 Å². The number of hydrogen-bond donors (Lipinski definition) is 2. The minimum Gasteiger partial charge on any atom is -0.478 e. The zero-order chi connectivity index (χ0) is 15.1. The van der Waals surface area contributed by atoms with Gasteiger partial charge in [-0.1, -0.05) is 17.7 Å². The number of hydrogen-bond acceptors (Lipinski definition) is 5. The molecule has 1 rings (SSSR count). The number of carboxylic acid groups (broad SMARTS) is 1. The van der Waals surface area contributed by atoms with E-state index >= 15 is 0 Å². The number of carboxylic acids is 1. The van der Waals surface area contributed by atoms with Crippen molar-refractivity contribution in [2.75, 3.05) is 23.4 Å². The van der Waals surface area contributed by atoms with Gasteiger partial charge >= 0.3 is 5.97 Å². The summed E-state index contributed by atoms with van der Waals surface area (Å²) in [5.41, 5.74) is -0.360. The second-order valence-corrected chi connectivity index (χ2v) is 5.26. The van der Waals surface area contributed by atoms with Crippen LogP contribution < -0.4 is 5.32 Å². The van der Waals surface area contributed by atoms with Gasteiger partial charge in [0.05, 0.1) is 21.2 Å². The first-order valence-corrected chi connectivity index (χ1v) is 7.14. The molecule has 20 heavy (non-hydrogen) atoms. The number of carbonyl (C=O) groups is 1. The van der Waals surface area contributed by atoms with Crippen LogP contribution in [-0.2, 0) is 0 Å². The number of halogens is 1. The van der Waals surface area contributed by atoms with E-state index in [-0.39, 0.29) is 22.0 Å². The van der Waals surface area contributed by atoms with Gasteiger partial charge in [-0.2, -0.15) is 11.8 Å². The summed E-state index contributed by atoms with van der Waals surface area (Å²) in [7, 11) is 0. The lowest BCUT2D eigenvalue weighted by atomic mass is 10.1. The quantitative estimate of drug-likeness (QED) is 0.331. The van der Waals surface area contributed by atoms with Crippen molar-refractivity contribution < 1.29 is 14.8 Å². The number of nitrogens with one attached hydrogen (secondary N) is 1. The molecule has 0 saturated carbocycles. The second kappa shape index (κ2) is 7.76. The number of aromatic carboxylic acids is 1. The third-order valence-corrected chi connectivity index (χ3v) is 3.56. The van der Waals surface area contributed by atoms with Gasteiger partial charge in [0.1, 0.15) is 0 Å². The fourth-order valence-electron chi connectivity index (χ4n) is 1.46. The van der Waals surface area contributed by atoms with Gasteiger partial charge in [0.25, 0.3) is 5.69 Å². The monoisotopic (exact) mass is 316 g/mol. The molecular formula is C12H13ClN2O4S. The van der Waals surface area contributed by atoms with Crippen LogP contribution >= 0.6 is 23.4 Å². The summed E-state index contributed by atoms with van der Waals surface area (Å²) in [5.74, 6) is 0.261. The van der Waals surface area contributed by atoms with Crippen LogP contribution in [0, 0.1) is 10.1 Å². The first-order chi connectivity index (χ1) is 9.47. The number of nitro groups is 1. The third kappa shape index (κ3) is 4.43. The molecule has 0 aliphatic carbocycles. The molecule has 0 aliphatic heterocycles. The van der Waals surface area contributed by atoms with Gasteiger partial charge in [-0.05, 0) is 0 Å². The van der Waals surface area contributed by atoms with Gasteiger partial charge in [0.2, 0.25) is 0 Å². The van der Waals surface area contributed by atoms with Crippen LogP contribution in [0.1, 0.15) is 10.4 Å². The number of non-ortho nitro benzene ring substituents is 1. The Morgan fingerprint density at radius 3 is 2.85 bits per heavy atom. The molecule has 1 aromatic carbocycles. The largest absolute Gasteiger partial charge is 0.478 e. The molecule has 0 amide bonds. The molecule has 0 aliphatic rings. The van der Waals surface area contributed by atoms with Crippen LogP contribution in [0.15, 0.2) is 24.8 Å². The zero-order valence-corrected chi connectivity index (χ0v) is 12.0. The molecule has 0 saturated heterocycles. The van der Waals surface area contributed by atoms with Gasteiger partial charge < -0.3 is 10.4 Å². The second-order valence-electron chi connectivity index (χ2n) is 3.70. The van der Waals surface area contributed by atoms with Crippen molar-refractivity contribution in [3.05, 3.63) is 45.5 Å². The van der Waals surface area contributed by atoms with Gasteiger partial charge in [-0.25, -0.2) is 4.79 Å². The highest BCUT2D eigenvalue weighted by atomic mass is 35.5. The number of thioether (sulfide) groups is 1. The molecular weight excluding hydrogens is 304 g/mol. The topological polar surface area (TPSA) is 92.5 Å². The van der Waals surface area contributed by atoms with Crippen LogP contribution in [0.2, 0.25) is 5.02 Å². The Labute approximate surface area is 125 Å². The summed E-state index contributed by atoms with van der Waals surface area (Å²) in [4.78, 5) is 21.2. The molecule has 0 atom stereocenters. The summed E-state index contributed by atoms with van der Waals surface area (Å²) >= 11 is 7.53. The fraction of sp³-hybridized carbons (Fsp3) is 0.250. The Hall–Kier alpha value is -1.73. The molecule has 1 aromatic rings. The van der Waals surface area contributed by atoms with Gasteiger partial charge in [0, 0.05) is 30.2 Å². The zero-order valence-electron chi connectivity index (χ0n) is 10.5. The van der Waals surface area contributed by atoms with Crippen molar-refractivity contribution in [3.8, 4) is 0 Å². The standard InChI is InChI=1S/C12H13ClN2O4S/c1-2-4-20-5-3-14-11-9(12(16)17)6-8(15(18)19)7-10(11)13/h2,6-7,14H,1,3-5H2,(H,16,17). The lowest BCUT2D eigenvalue weighted by Crippen LogP contribution is -2.10. The predicted molar refractivity (Wildman–Crippen MR) is 81.1 cm³/mol. The highest BCUT2D eigenvalue weighted by Gasteiger charge is 2.19. The maximum atomic E-state index is 11.1. The predicted octanol–water partition coefficient (Wildman–Crippen LogP) is 3.28. The van der Waals surface area contributed by atoms with E-state index in [1.165, 1.54) is 0 Å². The number of anilines is 1. The fourth-order valence-corrected chi connectivity index (χ4v) is 2.32. The van der Waals surface area contributed by atoms with Crippen molar-refractivity contribution in [2.24, 2.45) is 0 Å². The Bertz CT molecular complexity index is 536.